The molecular formula is C23H21BrFNO3. The first-order valence-electron chi connectivity index (χ1n) is 9.25. The molecule has 3 rings (SSSR count). The fourth-order valence-electron chi connectivity index (χ4n) is 3.54. The normalized spacial score (nSPS) is 20.7. The van der Waals surface area contributed by atoms with Crippen LogP contribution in [0.25, 0.3) is 0 Å². The van der Waals surface area contributed by atoms with Crippen LogP contribution in [0.2, 0.25) is 0 Å². The number of rotatable bonds is 7. The Balaban J connectivity index is 1.69. The molecule has 0 amide bonds. The molecule has 2 aromatic carbocycles. The van der Waals surface area contributed by atoms with Crippen molar-refractivity contribution in [2.75, 3.05) is 0 Å². The van der Waals surface area contributed by atoms with Gasteiger partial charge in [0, 0.05) is 12.0 Å². The van der Waals surface area contributed by atoms with Gasteiger partial charge in [0.2, 0.25) is 6.10 Å². The number of allylic oxidation sites excluding steroid dienone is 1. The standard InChI is InChI=1S/C23H21BrFNO3/c1-23(2)17(10-11-24)18(23)13-22(27)29-21(14-26)15-8-9-19(25)20(12-15)28-16-6-4-3-5-7-16/h3-12,17-18,21H,13H2,1-2H3/b11-10+/t17-,18-,21?/m1/s1. The summed E-state index contributed by atoms with van der Waals surface area (Å²) in [5.74, 6) is -0.133. The zero-order valence-corrected chi connectivity index (χ0v) is 17.7. The maximum atomic E-state index is 14.1. The first kappa shape index (κ1) is 21.1. The van der Waals surface area contributed by atoms with Crippen molar-refractivity contribution in [1.29, 1.82) is 5.26 Å². The van der Waals surface area contributed by atoms with Crippen molar-refractivity contribution < 1.29 is 18.7 Å². The molecule has 0 bridgehead atoms. The summed E-state index contributed by atoms with van der Waals surface area (Å²) in [6.07, 6.45) is 1.11. The average molecular weight is 458 g/mol. The molecule has 6 heteroatoms. The van der Waals surface area contributed by atoms with Crippen molar-refractivity contribution in [2.24, 2.45) is 17.3 Å². The Morgan fingerprint density at radius 3 is 2.69 bits per heavy atom. The van der Waals surface area contributed by atoms with Gasteiger partial charge < -0.3 is 9.47 Å². The molecule has 0 aliphatic heterocycles. The van der Waals surface area contributed by atoms with E-state index in [0.717, 1.165) is 0 Å². The van der Waals surface area contributed by atoms with Crippen LogP contribution in [-0.4, -0.2) is 5.97 Å². The number of carbonyl (C=O) groups excluding carboxylic acids is 1. The number of nitrogens with zero attached hydrogens (tertiary/aromatic N) is 1. The van der Waals surface area contributed by atoms with Crippen LogP contribution >= 0.6 is 15.9 Å². The number of hydrogen-bond donors (Lipinski definition) is 0. The third-order valence-corrected chi connectivity index (χ3v) is 5.71. The number of hydrogen-bond acceptors (Lipinski definition) is 4. The van der Waals surface area contributed by atoms with Crippen LogP contribution in [0, 0.1) is 34.4 Å². The number of para-hydroxylation sites is 1. The largest absolute Gasteiger partial charge is 0.454 e. The zero-order valence-electron chi connectivity index (χ0n) is 16.1. The second kappa shape index (κ2) is 8.79. The molecule has 1 saturated carbocycles. The molecule has 4 nitrogen and oxygen atoms in total. The van der Waals surface area contributed by atoms with Crippen molar-refractivity contribution in [3.05, 3.63) is 71.0 Å². The van der Waals surface area contributed by atoms with Gasteiger partial charge in [0.15, 0.2) is 11.6 Å². The summed E-state index contributed by atoms with van der Waals surface area (Å²) in [5, 5.41) is 9.49. The third-order valence-electron chi connectivity index (χ3n) is 5.40. The van der Waals surface area contributed by atoms with E-state index in [-0.39, 0.29) is 29.4 Å². The number of carbonyl (C=O) groups is 1. The SMILES string of the molecule is CC1(C)[C@H](/C=C/Br)[C@H]1CC(=O)OC(C#N)c1ccc(F)c(Oc2ccccc2)c1. The van der Waals surface area contributed by atoms with Gasteiger partial charge in [0.1, 0.15) is 11.8 Å². The lowest BCUT2D eigenvalue weighted by molar-refractivity contribution is -0.147. The highest BCUT2D eigenvalue weighted by molar-refractivity contribution is 9.11. The van der Waals surface area contributed by atoms with Crippen LogP contribution in [0.4, 0.5) is 4.39 Å². The van der Waals surface area contributed by atoms with Crippen molar-refractivity contribution >= 4 is 21.9 Å². The second-order valence-corrected chi connectivity index (χ2v) is 8.11. The molecule has 1 aliphatic carbocycles. The van der Waals surface area contributed by atoms with E-state index in [1.165, 1.54) is 18.2 Å². The zero-order chi connectivity index (χ0) is 21.0. The molecular weight excluding hydrogens is 437 g/mol. The van der Waals surface area contributed by atoms with Crippen molar-refractivity contribution in [1.82, 2.24) is 0 Å². The summed E-state index contributed by atoms with van der Waals surface area (Å²) in [5.41, 5.74) is 0.373. The summed E-state index contributed by atoms with van der Waals surface area (Å²) < 4.78 is 25.1. The predicted octanol–water partition coefficient (Wildman–Crippen LogP) is 6.30. The fourth-order valence-corrected chi connectivity index (χ4v) is 3.87. The molecule has 0 saturated heterocycles. The lowest BCUT2D eigenvalue weighted by Crippen LogP contribution is -2.12. The van der Waals surface area contributed by atoms with E-state index in [1.807, 2.05) is 18.2 Å². The number of nitriles is 1. The number of ether oxygens (including phenoxy) is 2. The summed E-state index contributed by atoms with van der Waals surface area (Å²) in [6.45, 7) is 4.19. The van der Waals surface area contributed by atoms with E-state index in [1.54, 1.807) is 29.3 Å². The maximum Gasteiger partial charge on any atom is 0.307 e. The Labute approximate surface area is 178 Å². The molecule has 1 unspecified atom stereocenters. The minimum atomic E-state index is -1.13. The second-order valence-electron chi connectivity index (χ2n) is 7.58. The minimum absolute atomic E-state index is 0.0119. The molecule has 0 spiro atoms. The Bertz CT molecular complexity index is 952. The number of benzene rings is 2. The highest BCUT2D eigenvalue weighted by atomic mass is 79.9. The fraction of sp³-hybridized carbons (Fsp3) is 0.304. The van der Waals surface area contributed by atoms with Gasteiger partial charge in [-0.2, -0.15) is 5.26 Å². The van der Waals surface area contributed by atoms with E-state index in [0.29, 0.717) is 11.3 Å². The van der Waals surface area contributed by atoms with Crippen molar-refractivity contribution in [3.8, 4) is 17.6 Å². The highest BCUT2D eigenvalue weighted by Crippen LogP contribution is 2.60. The van der Waals surface area contributed by atoms with E-state index in [2.05, 4.69) is 29.8 Å². The first-order valence-corrected chi connectivity index (χ1v) is 10.2. The summed E-state index contributed by atoms with van der Waals surface area (Å²) >= 11 is 3.27. The Morgan fingerprint density at radius 2 is 2.03 bits per heavy atom. The number of esters is 1. The van der Waals surface area contributed by atoms with Crippen LogP contribution in [0.15, 0.2) is 59.6 Å². The van der Waals surface area contributed by atoms with Gasteiger partial charge in [-0.05, 0) is 46.5 Å². The highest BCUT2D eigenvalue weighted by Gasteiger charge is 2.56. The molecule has 1 aliphatic rings. The van der Waals surface area contributed by atoms with Crippen molar-refractivity contribution in [2.45, 2.75) is 26.4 Å². The number of halogens is 2. The monoisotopic (exact) mass is 457 g/mol. The van der Waals surface area contributed by atoms with Gasteiger partial charge in [-0.1, -0.05) is 60.1 Å². The van der Waals surface area contributed by atoms with Gasteiger partial charge in [-0.3, -0.25) is 4.79 Å². The molecule has 150 valence electrons. The van der Waals surface area contributed by atoms with Crippen molar-refractivity contribution in [3.63, 3.8) is 0 Å². The van der Waals surface area contributed by atoms with Crippen LogP contribution in [0.3, 0.4) is 0 Å². The quantitative estimate of drug-likeness (QED) is 0.457. The molecule has 3 atom stereocenters. The smallest absolute Gasteiger partial charge is 0.307 e. The Morgan fingerprint density at radius 1 is 1.31 bits per heavy atom. The average Bonchev–Trinajstić information content (AvgIpc) is 3.21. The van der Waals surface area contributed by atoms with Crippen LogP contribution < -0.4 is 4.74 Å². The van der Waals surface area contributed by atoms with Gasteiger partial charge in [0.05, 0.1) is 0 Å². The molecule has 2 aromatic rings. The maximum absolute atomic E-state index is 14.1. The Hall–Kier alpha value is -2.65. The van der Waals surface area contributed by atoms with Crippen LogP contribution in [0.1, 0.15) is 31.9 Å². The van der Waals surface area contributed by atoms with Gasteiger partial charge in [-0.25, -0.2) is 4.39 Å². The van der Waals surface area contributed by atoms with Crippen LogP contribution in [-0.2, 0) is 9.53 Å². The van der Waals surface area contributed by atoms with Crippen LogP contribution in [0.5, 0.6) is 11.5 Å². The summed E-state index contributed by atoms with van der Waals surface area (Å²) in [6, 6.07) is 14.7. The summed E-state index contributed by atoms with van der Waals surface area (Å²) in [7, 11) is 0. The molecule has 0 aromatic heterocycles. The van der Waals surface area contributed by atoms with Gasteiger partial charge in [-0.15, -0.1) is 0 Å². The van der Waals surface area contributed by atoms with Gasteiger partial charge >= 0.3 is 5.97 Å². The molecule has 29 heavy (non-hydrogen) atoms. The molecule has 0 heterocycles. The van der Waals surface area contributed by atoms with Gasteiger partial charge in [0.25, 0.3) is 0 Å². The first-order chi connectivity index (χ1) is 13.9. The lowest BCUT2D eigenvalue weighted by atomic mass is 10.1. The van der Waals surface area contributed by atoms with E-state index < -0.39 is 17.9 Å². The molecule has 0 N–H and O–H groups in total. The van der Waals surface area contributed by atoms with E-state index >= 15 is 0 Å². The minimum Gasteiger partial charge on any atom is -0.454 e. The summed E-state index contributed by atoms with van der Waals surface area (Å²) in [4.78, 5) is 14.2. The molecule has 1 fully saturated rings. The Kier molecular flexibility index (Phi) is 6.39. The van der Waals surface area contributed by atoms with E-state index in [4.69, 9.17) is 9.47 Å². The third kappa shape index (κ3) is 4.86. The topological polar surface area (TPSA) is 59.3 Å². The molecule has 0 radical (unpaired) electrons. The lowest BCUT2D eigenvalue weighted by Gasteiger charge is -2.14. The van der Waals surface area contributed by atoms with E-state index in [9.17, 15) is 14.4 Å². The predicted molar refractivity (Wildman–Crippen MR) is 111 cm³/mol.